The number of hydrogen-bond donors (Lipinski definition) is 0. The fourth-order valence-electron chi connectivity index (χ4n) is 2.56. The van der Waals surface area contributed by atoms with Gasteiger partial charge in [0.25, 0.3) is 0 Å². The molecule has 1 nitrogen and oxygen atoms in total. The van der Waals surface area contributed by atoms with Gasteiger partial charge in [0.2, 0.25) is 0 Å². The van der Waals surface area contributed by atoms with E-state index >= 15 is 0 Å². The van der Waals surface area contributed by atoms with Crippen LogP contribution in [0.4, 0.5) is 0 Å². The minimum Gasteiger partial charge on any atom is -0.192 e. The molecule has 0 spiro atoms. The van der Waals surface area contributed by atoms with Crippen LogP contribution in [0.15, 0.2) is 72.8 Å². The van der Waals surface area contributed by atoms with Gasteiger partial charge in [0.1, 0.15) is 0 Å². The molecular weight excluding hydrogens is 266 g/mol. The number of hydrogen-bond acceptors (Lipinski definition) is 1. The van der Waals surface area contributed by atoms with Crippen LogP contribution in [0, 0.1) is 11.3 Å². The van der Waals surface area contributed by atoms with E-state index in [1.807, 2.05) is 24.3 Å². The van der Waals surface area contributed by atoms with E-state index in [1.54, 1.807) is 0 Å². The zero-order chi connectivity index (χ0) is 15.4. The van der Waals surface area contributed by atoms with Gasteiger partial charge in [-0.05, 0) is 46.4 Å². The fourth-order valence-corrected chi connectivity index (χ4v) is 2.56. The van der Waals surface area contributed by atoms with Crippen molar-refractivity contribution in [2.75, 3.05) is 0 Å². The van der Waals surface area contributed by atoms with E-state index in [1.165, 1.54) is 16.7 Å². The summed E-state index contributed by atoms with van der Waals surface area (Å²) >= 11 is 0. The second kappa shape index (κ2) is 6.28. The highest BCUT2D eigenvalue weighted by Gasteiger charge is 2.01. The Balaban J connectivity index is 1.90. The van der Waals surface area contributed by atoms with Gasteiger partial charge in [-0.15, -0.1) is 0 Å². The molecule has 106 valence electrons. The van der Waals surface area contributed by atoms with E-state index in [4.69, 9.17) is 5.26 Å². The quantitative estimate of drug-likeness (QED) is 0.626. The van der Waals surface area contributed by atoms with Crippen LogP contribution in [0.3, 0.4) is 0 Å². The maximum absolute atomic E-state index is 8.99. The number of rotatable bonds is 3. The van der Waals surface area contributed by atoms with E-state index in [9.17, 15) is 0 Å². The van der Waals surface area contributed by atoms with Gasteiger partial charge in [-0.1, -0.05) is 67.6 Å². The molecule has 0 saturated carbocycles. The lowest BCUT2D eigenvalue weighted by atomic mass is 9.98. The number of nitrogens with zero attached hydrogens (tertiary/aromatic N) is 1. The first-order valence-electron chi connectivity index (χ1n) is 7.50. The van der Waals surface area contributed by atoms with Crippen LogP contribution in [0.2, 0.25) is 0 Å². The molecule has 0 atom stereocenters. The van der Waals surface area contributed by atoms with Crippen LogP contribution in [0.5, 0.6) is 0 Å². The van der Waals surface area contributed by atoms with Gasteiger partial charge in [0.05, 0.1) is 11.6 Å². The van der Waals surface area contributed by atoms with Crippen LogP contribution < -0.4 is 0 Å². The van der Waals surface area contributed by atoms with Crippen LogP contribution in [-0.2, 0) is 6.42 Å². The van der Waals surface area contributed by atoms with Crippen molar-refractivity contribution in [3.63, 3.8) is 0 Å². The zero-order valence-corrected chi connectivity index (χ0v) is 12.6. The molecule has 0 heterocycles. The normalized spacial score (nSPS) is 10.2. The molecule has 3 aromatic carbocycles. The van der Waals surface area contributed by atoms with Crippen molar-refractivity contribution in [2.45, 2.75) is 13.3 Å². The molecule has 0 aliphatic heterocycles. The minimum absolute atomic E-state index is 0.691. The number of aryl methyl sites for hydroxylation is 1. The second-order valence-electron chi connectivity index (χ2n) is 5.32. The fraction of sp³-hybridized carbons (Fsp3) is 0.0952. The summed E-state index contributed by atoms with van der Waals surface area (Å²) < 4.78 is 0. The summed E-state index contributed by atoms with van der Waals surface area (Å²) in [5, 5.41) is 8.99. The number of nitriles is 1. The van der Waals surface area contributed by atoms with Crippen molar-refractivity contribution in [3.8, 4) is 28.3 Å². The Morgan fingerprint density at radius 2 is 1.27 bits per heavy atom. The topological polar surface area (TPSA) is 23.8 Å². The first kappa shape index (κ1) is 14.1. The van der Waals surface area contributed by atoms with E-state index in [-0.39, 0.29) is 0 Å². The van der Waals surface area contributed by atoms with Gasteiger partial charge in [-0.3, -0.25) is 0 Å². The smallest absolute Gasteiger partial charge is 0.0991 e. The molecule has 0 fully saturated rings. The maximum Gasteiger partial charge on any atom is 0.0991 e. The monoisotopic (exact) mass is 283 g/mol. The molecule has 3 aromatic rings. The summed E-state index contributed by atoms with van der Waals surface area (Å²) in [6, 6.07) is 27.1. The summed E-state index contributed by atoms with van der Waals surface area (Å²) in [7, 11) is 0. The lowest BCUT2D eigenvalue weighted by Gasteiger charge is -2.06. The molecule has 0 aliphatic carbocycles. The van der Waals surface area contributed by atoms with Crippen molar-refractivity contribution in [1.82, 2.24) is 0 Å². The average molecular weight is 283 g/mol. The van der Waals surface area contributed by atoms with E-state index < -0.39 is 0 Å². The molecule has 0 unspecified atom stereocenters. The van der Waals surface area contributed by atoms with Crippen molar-refractivity contribution in [1.29, 1.82) is 5.26 Å². The summed E-state index contributed by atoms with van der Waals surface area (Å²) in [6.45, 7) is 2.17. The Bertz CT molecular complexity index is 806. The van der Waals surface area contributed by atoms with Gasteiger partial charge < -0.3 is 0 Å². The summed E-state index contributed by atoms with van der Waals surface area (Å²) in [4.78, 5) is 0. The van der Waals surface area contributed by atoms with Crippen molar-refractivity contribution in [2.24, 2.45) is 0 Å². The average Bonchev–Trinajstić information content (AvgIpc) is 2.62. The highest BCUT2D eigenvalue weighted by molar-refractivity contribution is 5.71. The van der Waals surface area contributed by atoms with Crippen LogP contribution in [0.25, 0.3) is 22.3 Å². The molecule has 0 N–H and O–H groups in total. The molecule has 0 bridgehead atoms. The number of benzene rings is 3. The van der Waals surface area contributed by atoms with Gasteiger partial charge in [0, 0.05) is 0 Å². The standard InChI is InChI=1S/C21H17N/c1-2-16-6-8-18(9-7-16)19-10-12-20(13-11-19)21-5-3-4-17(14-21)15-22/h3-14H,2H2,1H3. The SMILES string of the molecule is CCc1ccc(-c2ccc(-c3cccc(C#N)c3)cc2)cc1. The van der Waals surface area contributed by atoms with Crippen LogP contribution in [-0.4, -0.2) is 0 Å². The van der Waals surface area contributed by atoms with E-state index in [2.05, 4.69) is 61.5 Å². The first-order chi connectivity index (χ1) is 10.8. The third kappa shape index (κ3) is 2.92. The first-order valence-corrected chi connectivity index (χ1v) is 7.50. The Kier molecular flexibility index (Phi) is 4.03. The lowest BCUT2D eigenvalue weighted by molar-refractivity contribution is 1.14. The Morgan fingerprint density at radius 1 is 0.727 bits per heavy atom. The molecule has 22 heavy (non-hydrogen) atoms. The molecule has 1 heteroatoms. The second-order valence-corrected chi connectivity index (χ2v) is 5.32. The Labute approximate surface area is 131 Å². The third-order valence-electron chi connectivity index (χ3n) is 3.91. The van der Waals surface area contributed by atoms with Gasteiger partial charge in [-0.25, -0.2) is 0 Å². The maximum atomic E-state index is 8.99. The molecule has 3 rings (SSSR count). The molecule has 0 amide bonds. The van der Waals surface area contributed by atoms with Crippen LogP contribution >= 0.6 is 0 Å². The predicted octanol–water partition coefficient (Wildman–Crippen LogP) is 5.45. The summed E-state index contributed by atoms with van der Waals surface area (Å²) in [5.74, 6) is 0. The van der Waals surface area contributed by atoms with Crippen molar-refractivity contribution >= 4 is 0 Å². The highest BCUT2D eigenvalue weighted by atomic mass is 14.2. The Morgan fingerprint density at radius 3 is 1.82 bits per heavy atom. The van der Waals surface area contributed by atoms with Gasteiger partial charge in [0.15, 0.2) is 0 Å². The van der Waals surface area contributed by atoms with Crippen molar-refractivity contribution < 1.29 is 0 Å². The Hall–Kier alpha value is -2.85. The highest BCUT2D eigenvalue weighted by Crippen LogP contribution is 2.25. The van der Waals surface area contributed by atoms with Crippen molar-refractivity contribution in [3.05, 3.63) is 83.9 Å². The minimum atomic E-state index is 0.691. The van der Waals surface area contributed by atoms with Crippen LogP contribution in [0.1, 0.15) is 18.1 Å². The predicted molar refractivity (Wildman–Crippen MR) is 91.4 cm³/mol. The summed E-state index contributed by atoms with van der Waals surface area (Å²) in [5.41, 5.74) is 6.70. The largest absolute Gasteiger partial charge is 0.192 e. The van der Waals surface area contributed by atoms with Gasteiger partial charge >= 0.3 is 0 Å². The lowest BCUT2D eigenvalue weighted by Crippen LogP contribution is -1.83. The molecule has 0 radical (unpaired) electrons. The molecule has 0 aliphatic rings. The third-order valence-corrected chi connectivity index (χ3v) is 3.91. The zero-order valence-electron chi connectivity index (χ0n) is 12.6. The van der Waals surface area contributed by atoms with E-state index in [0.717, 1.165) is 17.5 Å². The molecular formula is C21H17N. The summed E-state index contributed by atoms with van der Waals surface area (Å²) in [6.07, 6.45) is 1.06. The molecule has 0 saturated heterocycles. The molecule has 0 aromatic heterocycles. The van der Waals surface area contributed by atoms with E-state index in [0.29, 0.717) is 5.56 Å². The van der Waals surface area contributed by atoms with Gasteiger partial charge in [-0.2, -0.15) is 5.26 Å².